The van der Waals surface area contributed by atoms with Gasteiger partial charge in [0, 0.05) is 18.9 Å². The lowest BCUT2D eigenvalue weighted by molar-refractivity contribution is 0.240. The maximum atomic E-state index is 11.9. The lowest BCUT2D eigenvalue weighted by Gasteiger charge is -2.09. The molecule has 3 rings (SSSR count). The van der Waals surface area contributed by atoms with Gasteiger partial charge in [0.1, 0.15) is 4.60 Å². The van der Waals surface area contributed by atoms with Crippen LogP contribution in [0, 0.1) is 0 Å². The second-order valence-electron chi connectivity index (χ2n) is 6.34. The molecule has 13 heteroatoms. The molecule has 0 aliphatic carbocycles. The maximum absolute atomic E-state index is 11.9. The van der Waals surface area contributed by atoms with Gasteiger partial charge in [0.2, 0.25) is 5.88 Å². The number of benzene rings is 1. The van der Waals surface area contributed by atoms with Gasteiger partial charge in [-0.05, 0) is 33.6 Å². The molecule has 158 valence electrons. The molecule has 3 aromatic rings. The minimum absolute atomic E-state index is 0.0234. The number of ether oxygens (including phenoxy) is 1. The van der Waals surface area contributed by atoms with E-state index in [1.807, 2.05) is 0 Å². The second kappa shape index (κ2) is 8.05. The van der Waals surface area contributed by atoms with Gasteiger partial charge in [-0.2, -0.15) is 17.6 Å². The number of halogens is 1. The normalized spacial score (nSPS) is 12.6. The number of aryl methyl sites for hydroxylation is 1. The molecule has 0 saturated heterocycles. The Balaban J connectivity index is 1.86. The van der Waals surface area contributed by atoms with Crippen molar-refractivity contribution >= 4 is 47.0 Å². The summed E-state index contributed by atoms with van der Waals surface area (Å²) in [5.41, 5.74) is 1.92. The van der Waals surface area contributed by atoms with E-state index in [0.717, 1.165) is 22.2 Å². The third-order valence-electron chi connectivity index (χ3n) is 3.94. The molecule has 0 N–H and O–H groups in total. The van der Waals surface area contributed by atoms with Gasteiger partial charge in [-0.1, -0.05) is 6.07 Å². The quantitative estimate of drug-likeness (QED) is 0.334. The predicted molar refractivity (Wildman–Crippen MR) is 111 cm³/mol. The fourth-order valence-electron chi connectivity index (χ4n) is 2.71. The molecule has 29 heavy (non-hydrogen) atoms. The van der Waals surface area contributed by atoms with E-state index >= 15 is 0 Å². The van der Waals surface area contributed by atoms with Crippen LogP contribution < -0.4 is 4.74 Å². The molecule has 2 aromatic heterocycles. The summed E-state index contributed by atoms with van der Waals surface area (Å²) < 4.78 is 59.2. The molecule has 0 amide bonds. The van der Waals surface area contributed by atoms with Crippen LogP contribution in [0.5, 0.6) is 5.88 Å². The van der Waals surface area contributed by atoms with Crippen molar-refractivity contribution in [1.82, 2.24) is 19.0 Å². The van der Waals surface area contributed by atoms with E-state index in [9.17, 15) is 16.8 Å². The number of hydrogen-bond acceptors (Lipinski definition) is 8. The molecule has 0 saturated carbocycles. The molecule has 0 radical (unpaired) electrons. The summed E-state index contributed by atoms with van der Waals surface area (Å²) in [5, 5.41) is 8.89. The molecule has 0 bridgehead atoms. The van der Waals surface area contributed by atoms with Crippen molar-refractivity contribution in [2.45, 2.75) is 6.42 Å². The third-order valence-corrected chi connectivity index (χ3v) is 6.03. The van der Waals surface area contributed by atoms with Crippen molar-refractivity contribution in [2.24, 2.45) is 7.05 Å². The molecule has 0 fully saturated rings. The first-order chi connectivity index (χ1) is 13.5. The zero-order valence-electron chi connectivity index (χ0n) is 15.9. The highest BCUT2D eigenvalue weighted by molar-refractivity contribution is 9.10. The first kappa shape index (κ1) is 21.7. The van der Waals surface area contributed by atoms with Crippen LogP contribution in [-0.2, 0) is 31.4 Å². The van der Waals surface area contributed by atoms with Crippen LogP contribution in [0.15, 0.2) is 29.0 Å². The molecule has 0 spiro atoms. The minimum atomic E-state index is -3.54. The zero-order valence-corrected chi connectivity index (χ0v) is 19.1. The summed E-state index contributed by atoms with van der Waals surface area (Å²) in [6.07, 6.45) is 4.09. The SMILES string of the molecule is Cn1ncc(-c2ccc3c(c2)c(Br)nn3S(C)(=O)=O)c1OCCCOS(C)(=O)=O. The van der Waals surface area contributed by atoms with E-state index in [1.165, 1.54) is 0 Å². The largest absolute Gasteiger partial charge is 0.477 e. The molecule has 1 aromatic carbocycles. The fraction of sp³-hybridized carbons (Fsp3) is 0.375. The van der Waals surface area contributed by atoms with Crippen LogP contribution in [0.3, 0.4) is 0 Å². The number of aromatic nitrogens is 4. The first-order valence-corrected chi connectivity index (χ1v) is 12.8. The summed E-state index contributed by atoms with van der Waals surface area (Å²) in [5.74, 6) is 0.496. The van der Waals surface area contributed by atoms with Crippen molar-refractivity contribution in [3.63, 3.8) is 0 Å². The topological polar surface area (TPSA) is 122 Å². The molecule has 10 nitrogen and oxygen atoms in total. The predicted octanol–water partition coefficient (Wildman–Crippen LogP) is 1.75. The van der Waals surface area contributed by atoms with Crippen LogP contribution in [0.4, 0.5) is 0 Å². The van der Waals surface area contributed by atoms with Gasteiger partial charge >= 0.3 is 0 Å². The van der Waals surface area contributed by atoms with Crippen molar-refractivity contribution in [2.75, 3.05) is 25.7 Å². The summed E-state index contributed by atoms with van der Waals surface area (Å²) >= 11 is 3.30. The van der Waals surface area contributed by atoms with Crippen molar-refractivity contribution < 1.29 is 25.8 Å². The number of rotatable bonds is 8. The zero-order chi connectivity index (χ0) is 21.4. The standard InChI is InChI=1S/C16H19BrN4O6S2/c1-20-16(26-7-4-8-27-29(3,24)25)13(10-18-20)11-5-6-14-12(9-11)15(17)19-21(14)28(2,22)23/h5-6,9-10H,4,7-8H2,1-3H3. The van der Waals surface area contributed by atoms with E-state index < -0.39 is 20.1 Å². The highest BCUT2D eigenvalue weighted by Gasteiger charge is 2.18. The Bertz CT molecular complexity index is 1260. The van der Waals surface area contributed by atoms with Gasteiger partial charge < -0.3 is 4.74 Å². The summed E-state index contributed by atoms with van der Waals surface area (Å²) in [6.45, 7) is 0.260. The monoisotopic (exact) mass is 506 g/mol. The molecule has 0 aliphatic rings. The van der Waals surface area contributed by atoms with Crippen LogP contribution in [0.2, 0.25) is 0 Å². The molecular weight excluding hydrogens is 488 g/mol. The highest BCUT2D eigenvalue weighted by Crippen LogP contribution is 2.34. The Hall–Kier alpha value is -1.96. The van der Waals surface area contributed by atoms with Gasteiger partial charge in [-0.15, -0.1) is 5.10 Å². The Morgan fingerprint density at radius 3 is 2.52 bits per heavy atom. The van der Waals surface area contributed by atoms with Crippen LogP contribution in [-0.4, -0.2) is 61.5 Å². The third kappa shape index (κ3) is 4.97. The van der Waals surface area contributed by atoms with Crippen molar-refractivity contribution in [3.8, 4) is 17.0 Å². The molecule has 0 unspecified atom stereocenters. The Morgan fingerprint density at radius 2 is 1.86 bits per heavy atom. The van der Waals surface area contributed by atoms with Crippen LogP contribution >= 0.6 is 15.9 Å². The van der Waals surface area contributed by atoms with Crippen molar-refractivity contribution in [3.05, 3.63) is 29.0 Å². The molecule has 0 atom stereocenters. The average molecular weight is 507 g/mol. The summed E-state index contributed by atoms with van der Waals surface area (Å²) in [7, 11) is -5.29. The van der Waals surface area contributed by atoms with E-state index in [2.05, 4.69) is 26.1 Å². The van der Waals surface area contributed by atoms with Crippen molar-refractivity contribution in [1.29, 1.82) is 0 Å². The van der Waals surface area contributed by atoms with Gasteiger partial charge in [0.05, 0.1) is 43.0 Å². The Morgan fingerprint density at radius 1 is 1.14 bits per heavy atom. The molecule has 2 heterocycles. The highest BCUT2D eigenvalue weighted by atomic mass is 79.9. The van der Waals surface area contributed by atoms with Gasteiger partial charge in [0.15, 0.2) is 0 Å². The van der Waals surface area contributed by atoms with E-state index in [0.29, 0.717) is 33.4 Å². The van der Waals surface area contributed by atoms with E-state index in [1.54, 1.807) is 36.1 Å². The summed E-state index contributed by atoms with van der Waals surface area (Å²) in [6, 6.07) is 5.22. The van der Waals surface area contributed by atoms with Gasteiger partial charge in [0.25, 0.3) is 20.1 Å². The van der Waals surface area contributed by atoms with Crippen LogP contribution in [0.1, 0.15) is 6.42 Å². The van der Waals surface area contributed by atoms with E-state index in [4.69, 9.17) is 8.92 Å². The average Bonchev–Trinajstić information content (AvgIpc) is 3.14. The first-order valence-electron chi connectivity index (χ1n) is 8.36. The number of nitrogens with zero attached hydrogens (tertiary/aromatic N) is 4. The summed E-state index contributed by atoms with van der Waals surface area (Å²) in [4.78, 5) is 0. The Kier molecular flexibility index (Phi) is 6.03. The molecular formula is C16H19BrN4O6S2. The Labute approximate surface area is 176 Å². The van der Waals surface area contributed by atoms with Crippen LogP contribution in [0.25, 0.3) is 22.0 Å². The minimum Gasteiger partial charge on any atom is -0.477 e. The lowest BCUT2D eigenvalue weighted by atomic mass is 10.1. The maximum Gasteiger partial charge on any atom is 0.264 e. The fourth-order valence-corrected chi connectivity index (χ4v) is 4.46. The lowest BCUT2D eigenvalue weighted by Crippen LogP contribution is -2.11. The van der Waals surface area contributed by atoms with E-state index in [-0.39, 0.29) is 13.2 Å². The number of hydrogen-bond donors (Lipinski definition) is 0. The smallest absolute Gasteiger partial charge is 0.264 e. The van der Waals surface area contributed by atoms with Gasteiger partial charge in [-0.3, -0.25) is 4.18 Å². The molecule has 0 aliphatic heterocycles. The second-order valence-corrected chi connectivity index (χ2v) is 10.6. The number of fused-ring (bicyclic) bond motifs is 1. The van der Waals surface area contributed by atoms with Gasteiger partial charge in [-0.25, -0.2) is 13.1 Å².